The van der Waals surface area contributed by atoms with Crippen LogP contribution in [-0.4, -0.2) is 58.2 Å². The molecule has 2 rings (SSSR count). The molecule has 0 radical (unpaired) electrons. The summed E-state index contributed by atoms with van der Waals surface area (Å²) in [6, 6.07) is -0.492. The van der Waals surface area contributed by atoms with Crippen molar-refractivity contribution in [2.24, 2.45) is 0 Å². The predicted molar refractivity (Wildman–Crippen MR) is 65.7 cm³/mol. The number of piperazine rings is 1. The molecule has 1 aliphatic rings. The fourth-order valence-electron chi connectivity index (χ4n) is 2.05. The van der Waals surface area contributed by atoms with Crippen LogP contribution in [-0.2, 0) is 4.79 Å². The zero-order chi connectivity index (χ0) is 13.1. The molecule has 1 aliphatic heterocycles. The van der Waals surface area contributed by atoms with E-state index in [1.807, 2.05) is 9.80 Å². The van der Waals surface area contributed by atoms with Gasteiger partial charge in [-0.05, 0) is 6.92 Å². The van der Waals surface area contributed by atoms with Crippen molar-refractivity contribution in [3.8, 4) is 0 Å². The Kier molecular flexibility index (Phi) is 3.61. The van der Waals surface area contributed by atoms with E-state index in [0.29, 0.717) is 32.0 Å². The number of aliphatic carboxylic acids is 1. The zero-order valence-corrected chi connectivity index (χ0v) is 10.2. The summed E-state index contributed by atoms with van der Waals surface area (Å²) >= 11 is 0. The lowest BCUT2D eigenvalue weighted by molar-refractivity contribution is -0.142. The molecule has 18 heavy (non-hydrogen) atoms. The number of nitrogens with one attached hydrogen (secondary N) is 1. The third-order valence-electron chi connectivity index (χ3n) is 3.21. The molecular weight excluding hydrogens is 236 g/mol. The largest absolute Gasteiger partial charge is 0.480 e. The van der Waals surface area contributed by atoms with Gasteiger partial charge in [0.1, 0.15) is 6.04 Å². The summed E-state index contributed by atoms with van der Waals surface area (Å²) in [5.74, 6) is -0.417. The van der Waals surface area contributed by atoms with Gasteiger partial charge in [-0.2, -0.15) is 0 Å². The van der Waals surface area contributed by atoms with Crippen LogP contribution in [0.4, 0.5) is 5.82 Å². The van der Waals surface area contributed by atoms with E-state index in [2.05, 4.69) is 9.97 Å². The Morgan fingerprint density at radius 2 is 2.11 bits per heavy atom. The Balaban J connectivity index is 2.01. The highest BCUT2D eigenvalue weighted by molar-refractivity contribution is 5.72. The number of anilines is 1. The van der Waals surface area contributed by atoms with E-state index in [-0.39, 0.29) is 5.56 Å². The number of hydrogen-bond donors (Lipinski definition) is 2. The Morgan fingerprint density at radius 3 is 2.67 bits per heavy atom. The van der Waals surface area contributed by atoms with Crippen LogP contribution in [0.2, 0.25) is 0 Å². The molecule has 0 saturated carbocycles. The van der Waals surface area contributed by atoms with Crippen LogP contribution in [0.3, 0.4) is 0 Å². The number of hydrogen-bond acceptors (Lipinski definition) is 5. The molecule has 0 aromatic carbocycles. The molecule has 98 valence electrons. The molecule has 7 heteroatoms. The molecule has 0 amide bonds. The summed E-state index contributed by atoms with van der Waals surface area (Å²) in [7, 11) is 0. The third kappa shape index (κ3) is 2.51. The number of aromatic amines is 1. The van der Waals surface area contributed by atoms with Crippen LogP contribution in [0.1, 0.15) is 6.92 Å². The molecule has 1 saturated heterocycles. The molecule has 2 heterocycles. The van der Waals surface area contributed by atoms with Crippen LogP contribution in [0, 0.1) is 0 Å². The summed E-state index contributed by atoms with van der Waals surface area (Å²) in [5, 5.41) is 8.94. The molecule has 7 nitrogen and oxygen atoms in total. The number of H-pyrrole nitrogens is 1. The maximum Gasteiger partial charge on any atom is 0.320 e. The first-order valence-electron chi connectivity index (χ1n) is 5.85. The normalized spacial score (nSPS) is 18.6. The molecule has 1 aromatic rings. The van der Waals surface area contributed by atoms with Crippen molar-refractivity contribution in [1.82, 2.24) is 14.9 Å². The van der Waals surface area contributed by atoms with Gasteiger partial charge in [-0.3, -0.25) is 14.5 Å². The molecule has 0 aliphatic carbocycles. The summed E-state index contributed by atoms with van der Waals surface area (Å²) in [6.07, 6.45) is 3.04. The third-order valence-corrected chi connectivity index (χ3v) is 3.21. The van der Waals surface area contributed by atoms with Gasteiger partial charge in [0.15, 0.2) is 5.82 Å². The minimum Gasteiger partial charge on any atom is -0.480 e. The molecule has 1 aromatic heterocycles. The first-order chi connectivity index (χ1) is 8.59. The fourth-order valence-corrected chi connectivity index (χ4v) is 2.05. The maximum atomic E-state index is 11.6. The van der Waals surface area contributed by atoms with Gasteiger partial charge in [0, 0.05) is 38.6 Å². The molecule has 1 unspecified atom stereocenters. The molecule has 1 fully saturated rings. The first-order valence-corrected chi connectivity index (χ1v) is 5.85. The fraction of sp³-hybridized carbons (Fsp3) is 0.545. The Hall–Kier alpha value is -1.89. The summed E-state index contributed by atoms with van der Waals surface area (Å²) in [5.41, 5.74) is -0.211. The van der Waals surface area contributed by atoms with Crippen molar-refractivity contribution in [1.29, 1.82) is 0 Å². The van der Waals surface area contributed by atoms with Crippen molar-refractivity contribution in [3.63, 3.8) is 0 Å². The number of carbonyl (C=O) groups is 1. The average molecular weight is 252 g/mol. The van der Waals surface area contributed by atoms with Crippen molar-refractivity contribution in [2.75, 3.05) is 31.1 Å². The van der Waals surface area contributed by atoms with Crippen LogP contribution in [0.5, 0.6) is 0 Å². The lowest BCUT2D eigenvalue weighted by Gasteiger charge is -2.36. The van der Waals surface area contributed by atoms with E-state index in [4.69, 9.17) is 5.11 Å². The highest BCUT2D eigenvalue weighted by Gasteiger charge is 2.26. The molecule has 1 atom stereocenters. The van der Waals surface area contributed by atoms with Gasteiger partial charge in [0.2, 0.25) is 0 Å². The van der Waals surface area contributed by atoms with Gasteiger partial charge in [0.05, 0.1) is 0 Å². The second kappa shape index (κ2) is 5.18. The number of rotatable bonds is 3. The minimum atomic E-state index is -0.820. The molecular formula is C11H16N4O3. The van der Waals surface area contributed by atoms with Gasteiger partial charge in [0.25, 0.3) is 5.56 Å². The zero-order valence-electron chi connectivity index (χ0n) is 10.2. The predicted octanol–water partition coefficient (Wildman–Crippen LogP) is -0.635. The van der Waals surface area contributed by atoms with E-state index < -0.39 is 12.0 Å². The maximum absolute atomic E-state index is 11.6. The molecule has 0 spiro atoms. The Morgan fingerprint density at radius 1 is 1.44 bits per heavy atom. The van der Waals surface area contributed by atoms with E-state index in [9.17, 15) is 9.59 Å². The van der Waals surface area contributed by atoms with E-state index >= 15 is 0 Å². The van der Waals surface area contributed by atoms with Crippen LogP contribution < -0.4 is 10.5 Å². The van der Waals surface area contributed by atoms with Crippen LogP contribution >= 0.6 is 0 Å². The van der Waals surface area contributed by atoms with E-state index in [0.717, 1.165) is 0 Å². The quantitative estimate of drug-likeness (QED) is 0.744. The summed E-state index contributed by atoms with van der Waals surface area (Å²) < 4.78 is 0. The SMILES string of the molecule is CC(C(=O)O)N1CCN(c2ncc[nH]c2=O)CC1. The standard InChI is InChI=1S/C11H16N4O3/c1-8(11(17)18)14-4-6-15(7-5-14)9-10(16)13-3-2-12-9/h2-3,8H,4-7H2,1H3,(H,13,16)(H,17,18). The minimum absolute atomic E-state index is 0.211. The topological polar surface area (TPSA) is 89.5 Å². The average Bonchev–Trinajstić information content (AvgIpc) is 2.38. The van der Waals surface area contributed by atoms with E-state index in [1.54, 1.807) is 13.1 Å². The van der Waals surface area contributed by atoms with E-state index in [1.165, 1.54) is 6.20 Å². The number of carboxylic acids is 1. The highest BCUT2D eigenvalue weighted by Crippen LogP contribution is 2.10. The molecule has 0 bridgehead atoms. The first kappa shape index (κ1) is 12.6. The molecule has 2 N–H and O–H groups in total. The Labute approximate surface area is 104 Å². The lowest BCUT2D eigenvalue weighted by Crippen LogP contribution is -2.52. The summed E-state index contributed by atoms with van der Waals surface area (Å²) in [6.45, 7) is 4.12. The van der Waals surface area contributed by atoms with Crippen LogP contribution in [0.15, 0.2) is 17.2 Å². The van der Waals surface area contributed by atoms with Crippen molar-refractivity contribution < 1.29 is 9.90 Å². The smallest absolute Gasteiger partial charge is 0.320 e. The summed E-state index contributed by atoms with van der Waals surface area (Å²) in [4.78, 5) is 32.9. The van der Waals surface area contributed by atoms with Gasteiger partial charge in [-0.1, -0.05) is 0 Å². The van der Waals surface area contributed by atoms with Gasteiger partial charge < -0.3 is 15.0 Å². The number of nitrogens with zero attached hydrogens (tertiary/aromatic N) is 3. The monoisotopic (exact) mass is 252 g/mol. The van der Waals surface area contributed by atoms with Crippen molar-refractivity contribution in [3.05, 3.63) is 22.7 Å². The van der Waals surface area contributed by atoms with Gasteiger partial charge in [-0.25, -0.2) is 4.98 Å². The van der Waals surface area contributed by atoms with Crippen molar-refractivity contribution >= 4 is 11.8 Å². The highest BCUT2D eigenvalue weighted by atomic mass is 16.4. The van der Waals surface area contributed by atoms with Gasteiger partial charge in [-0.15, -0.1) is 0 Å². The second-order valence-electron chi connectivity index (χ2n) is 4.28. The lowest BCUT2D eigenvalue weighted by atomic mass is 10.2. The van der Waals surface area contributed by atoms with Gasteiger partial charge >= 0.3 is 5.97 Å². The number of carboxylic acid groups (broad SMARTS) is 1. The van der Waals surface area contributed by atoms with Crippen molar-refractivity contribution in [2.45, 2.75) is 13.0 Å². The second-order valence-corrected chi connectivity index (χ2v) is 4.28. The number of aromatic nitrogens is 2. The Bertz CT molecular complexity index is 479. The van der Waals surface area contributed by atoms with Crippen LogP contribution in [0.25, 0.3) is 0 Å².